The van der Waals surface area contributed by atoms with E-state index in [9.17, 15) is 13.2 Å². The molecule has 1 unspecified atom stereocenters. The van der Waals surface area contributed by atoms with Gasteiger partial charge in [-0.25, -0.2) is 4.98 Å². The smallest absolute Gasteiger partial charge is 0.381 e. The summed E-state index contributed by atoms with van der Waals surface area (Å²) in [5.74, 6) is 0.425. The van der Waals surface area contributed by atoms with Crippen LogP contribution in [0.2, 0.25) is 0 Å². The number of allylic oxidation sites excluding steroid dienone is 3. The average Bonchev–Trinajstić information content (AvgIpc) is 3.34. The largest absolute Gasteiger partial charge is 0.416 e. The monoisotopic (exact) mass is 458 g/mol. The van der Waals surface area contributed by atoms with Gasteiger partial charge in [-0.3, -0.25) is 0 Å². The van der Waals surface area contributed by atoms with Gasteiger partial charge in [0.15, 0.2) is 0 Å². The van der Waals surface area contributed by atoms with Gasteiger partial charge >= 0.3 is 6.18 Å². The zero-order valence-electron chi connectivity index (χ0n) is 18.3. The van der Waals surface area contributed by atoms with Gasteiger partial charge in [0.25, 0.3) is 0 Å². The summed E-state index contributed by atoms with van der Waals surface area (Å²) in [6.07, 6.45) is 10.7. The molecule has 33 heavy (non-hydrogen) atoms. The Morgan fingerprint density at radius 3 is 2.85 bits per heavy atom. The van der Waals surface area contributed by atoms with E-state index in [4.69, 9.17) is 4.74 Å². The Bertz CT molecular complexity index is 1000. The molecule has 0 saturated carbocycles. The number of hydrogen-bond donors (Lipinski definition) is 3. The van der Waals surface area contributed by atoms with E-state index in [-0.39, 0.29) is 24.2 Å². The molecule has 176 valence electrons. The van der Waals surface area contributed by atoms with Gasteiger partial charge in [0, 0.05) is 60.5 Å². The highest BCUT2D eigenvalue weighted by Crippen LogP contribution is 2.49. The molecule has 1 saturated heterocycles. The predicted octanol–water partition coefficient (Wildman–Crippen LogP) is 5.02. The highest BCUT2D eigenvalue weighted by Gasteiger charge is 2.44. The number of alkyl halides is 3. The number of ether oxygens (including phenoxy) is 1. The third-order valence-corrected chi connectivity index (χ3v) is 6.99. The number of halogens is 3. The number of hydrogen-bond acceptors (Lipinski definition) is 4. The average molecular weight is 459 g/mol. The van der Waals surface area contributed by atoms with Gasteiger partial charge in [0.1, 0.15) is 0 Å². The number of aromatic amines is 1. The summed E-state index contributed by atoms with van der Waals surface area (Å²) in [5.41, 5.74) is 1.83. The van der Waals surface area contributed by atoms with E-state index < -0.39 is 11.7 Å². The van der Waals surface area contributed by atoms with Crippen LogP contribution < -0.4 is 10.6 Å². The summed E-state index contributed by atoms with van der Waals surface area (Å²) in [6.45, 7) is 1.46. The standard InChI is InChI=1S/C25H29F3N4O/c26-25(27,28)17-6-9-22-21(12-17)24-20(23(32-22)16-4-2-1-3-5-16)8-7-19(33-24)14-29-11-10-18-13-30-15-31-18/h1-4,6,9,12-13,15-16,19-20,23-24,29,32H,5,7-8,10-11,14H2,(H,30,31)/t16?,19-,20+,23+,24+/m1/s1. The molecule has 0 amide bonds. The van der Waals surface area contributed by atoms with Gasteiger partial charge in [-0.15, -0.1) is 0 Å². The third-order valence-electron chi connectivity index (χ3n) is 6.99. The summed E-state index contributed by atoms with van der Waals surface area (Å²) in [7, 11) is 0. The number of benzene rings is 1. The minimum atomic E-state index is -4.37. The fraction of sp³-hybridized carbons (Fsp3) is 0.480. The zero-order chi connectivity index (χ0) is 22.8. The second kappa shape index (κ2) is 9.35. The summed E-state index contributed by atoms with van der Waals surface area (Å²) < 4.78 is 46.9. The van der Waals surface area contributed by atoms with Crippen LogP contribution in [-0.4, -0.2) is 35.2 Å². The number of fused-ring (bicyclic) bond motifs is 3. The van der Waals surface area contributed by atoms with Gasteiger partial charge in [0.2, 0.25) is 0 Å². The van der Waals surface area contributed by atoms with E-state index in [1.807, 2.05) is 12.3 Å². The van der Waals surface area contributed by atoms with Crippen LogP contribution in [0.5, 0.6) is 0 Å². The van der Waals surface area contributed by atoms with Crippen molar-refractivity contribution in [1.29, 1.82) is 0 Å². The molecule has 8 heteroatoms. The topological polar surface area (TPSA) is 62.0 Å². The van der Waals surface area contributed by atoms with Crippen LogP contribution in [0.1, 0.15) is 42.2 Å². The number of nitrogens with one attached hydrogen (secondary N) is 3. The van der Waals surface area contributed by atoms with Crippen LogP contribution in [0.25, 0.3) is 0 Å². The molecule has 2 aromatic rings. The number of imidazole rings is 1. The second-order valence-electron chi connectivity index (χ2n) is 9.13. The third kappa shape index (κ3) is 4.87. The molecule has 3 heterocycles. The van der Waals surface area contributed by atoms with Crippen molar-refractivity contribution in [2.24, 2.45) is 11.8 Å². The fourth-order valence-corrected chi connectivity index (χ4v) is 5.32. The van der Waals surface area contributed by atoms with Crippen LogP contribution in [0.4, 0.5) is 18.9 Å². The molecule has 5 atom stereocenters. The number of nitrogens with zero attached hydrogens (tertiary/aromatic N) is 1. The second-order valence-corrected chi connectivity index (χ2v) is 9.13. The maximum atomic E-state index is 13.5. The highest BCUT2D eigenvalue weighted by atomic mass is 19.4. The lowest BCUT2D eigenvalue weighted by atomic mass is 9.73. The zero-order valence-corrected chi connectivity index (χ0v) is 18.3. The highest BCUT2D eigenvalue weighted by molar-refractivity contribution is 5.58. The van der Waals surface area contributed by atoms with Crippen LogP contribution in [0, 0.1) is 11.8 Å². The van der Waals surface area contributed by atoms with Gasteiger partial charge in [-0.05, 0) is 37.5 Å². The van der Waals surface area contributed by atoms with Crippen LogP contribution in [0.15, 0.2) is 55.0 Å². The Labute approximate surface area is 191 Å². The van der Waals surface area contributed by atoms with E-state index in [2.05, 4.69) is 38.8 Å². The SMILES string of the molecule is FC(F)(F)c1ccc2c(c1)[C@H]1O[C@@H](CNCCc3cnc[nH]3)CC[C@H]1[C@H](C1C=CC=CC1)N2. The molecule has 0 radical (unpaired) electrons. The van der Waals surface area contributed by atoms with Crippen molar-refractivity contribution >= 4 is 5.69 Å². The van der Waals surface area contributed by atoms with E-state index in [1.165, 1.54) is 6.07 Å². The Balaban J connectivity index is 1.33. The summed E-state index contributed by atoms with van der Waals surface area (Å²) >= 11 is 0. The van der Waals surface area contributed by atoms with Gasteiger partial charge in [-0.2, -0.15) is 13.2 Å². The first-order chi connectivity index (χ1) is 16.0. The lowest BCUT2D eigenvalue weighted by molar-refractivity contribution is -0.138. The molecule has 5 rings (SSSR count). The molecule has 2 aliphatic heterocycles. The Kier molecular flexibility index (Phi) is 6.29. The lowest BCUT2D eigenvalue weighted by Crippen LogP contribution is -2.48. The quantitative estimate of drug-likeness (QED) is 0.532. The molecule has 1 aromatic heterocycles. The minimum absolute atomic E-state index is 0.0315. The van der Waals surface area contributed by atoms with Gasteiger partial charge < -0.3 is 20.4 Å². The molecule has 0 bridgehead atoms. The number of aromatic nitrogens is 2. The van der Waals surface area contributed by atoms with E-state index in [0.29, 0.717) is 18.0 Å². The first-order valence-electron chi connectivity index (χ1n) is 11.6. The van der Waals surface area contributed by atoms with Crippen molar-refractivity contribution in [2.45, 2.75) is 50.1 Å². The fourth-order valence-electron chi connectivity index (χ4n) is 5.32. The molecule has 5 nitrogen and oxygen atoms in total. The Morgan fingerprint density at radius 2 is 2.09 bits per heavy atom. The Hall–Kier alpha value is -2.58. The predicted molar refractivity (Wildman–Crippen MR) is 121 cm³/mol. The first kappa shape index (κ1) is 22.2. The normalized spacial score (nSPS) is 28.8. The molecule has 1 fully saturated rings. The summed E-state index contributed by atoms with van der Waals surface area (Å²) in [6, 6.07) is 4.15. The van der Waals surface area contributed by atoms with E-state index in [1.54, 1.807) is 12.4 Å². The van der Waals surface area contributed by atoms with Gasteiger partial charge in [0.05, 0.1) is 24.1 Å². The van der Waals surface area contributed by atoms with E-state index >= 15 is 0 Å². The van der Waals surface area contributed by atoms with Crippen molar-refractivity contribution < 1.29 is 17.9 Å². The number of rotatable bonds is 6. The van der Waals surface area contributed by atoms with Crippen molar-refractivity contribution in [1.82, 2.24) is 15.3 Å². The summed E-state index contributed by atoms with van der Waals surface area (Å²) in [4.78, 5) is 7.11. The molecule has 1 aromatic carbocycles. The minimum Gasteiger partial charge on any atom is -0.381 e. The Morgan fingerprint density at radius 1 is 1.18 bits per heavy atom. The van der Waals surface area contributed by atoms with Crippen molar-refractivity contribution in [3.63, 3.8) is 0 Å². The molecular weight excluding hydrogens is 429 g/mol. The molecule has 3 aliphatic rings. The first-order valence-corrected chi connectivity index (χ1v) is 11.6. The maximum Gasteiger partial charge on any atom is 0.416 e. The van der Waals surface area contributed by atoms with Crippen LogP contribution >= 0.6 is 0 Å². The molecule has 3 N–H and O–H groups in total. The number of anilines is 1. The maximum absolute atomic E-state index is 13.5. The van der Waals surface area contributed by atoms with Crippen LogP contribution in [0.3, 0.4) is 0 Å². The number of H-pyrrole nitrogens is 1. The van der Waals surface area contributed by atoms with Crippen molar-refractivity contribution in [3.8, 4) is 0 Å². The molecule has 1 aliphatic carbocycles. The van der Waals surface area contributed by atoms with Gasteiger partial charge in [-0.1, -0.05) is 24.3 Å². The lowest BCUT2D eigenvalue weighted by Gasteiger charge is -2.47. The van der Waals surface area contributed by atoms with Crippen LogP contribution in [-0.2, 0) is 17.3 Å². The molecule has 0 spiro atoms. The summed E-state index contributed by atoms with van der Waals surface area (Å²) in [5, 5.41) is 7.00. The molecular formula is C25H29F3N4O. The van der Waals surface area contributed by atoms with Crippen molar-refractivity contribution in [2.75, 3.05) is 18.4 Å². The van der Waals surface area contributed by atoms with E-state index in [0.717, 1.165) is 49.7 Å². The van der Waals surface area contributed by atoms with Crippen molar-refractivity contribution in [3.05, 3.63) is 71.8 Å².